The molecular formula is C12H14ClN3O4. The Bertz CT molecular complexity index is 552. The minimum absolute atomic E-state index is 0.0428. The summed E-state index contributed by atoms with van der Waals surface area (Å²) < 4.78 is 0. The van der Waals surface area contributed by atoms with Gasteiger partial charge in [0, 0.05) is 37.8 Å². The molecule has 0 bridgehead atoms. The van der Waals surface area contributed by atoms with Crippen molar-refractivity contribution in [1.29, 1.82) is 0 Å². The first-order valence-corrected chi connectivity index (χ1v) is 6.46. The van der Waals surface area contributed by atoms with Gasteiger partial charge in [-0.3, -0.25) is 10.1 Å². The zero-order valence-electron chi connectivity index (χ0n) is 10.8. The van der Waals surface area contributed by atoms with Gasteiger partial charge in [-0.2, -0.15) is 0 Å². The third kappa shape index (κ3) is 2.77. The van der Waals surface area contributed by atoms with Gasteiger partial charge in [0.1, 0.15) is 0 Å². The molecule has 1 atom stereocenters. The van der Waals surface area contributed by atoms with Crippen molar-refractivity contribution in [3.8, 4) is 0 Å². The molecule has 0 spiro atoms. The molecule has 8 heteroatoms. The fraction of sp³-hybridized carbons (Fsp3) is 0.417. The fourth-order valence-corrected chi connectivity index (χ4v) is 2.61. The molecule has 1 aromatic rings. The maximum atomic E-state index is 10.9. The lowest BCUT2D eigenvalue weighted by Gasteiger charge is -2.40. The molecule has 108 valence electrons. The fourth-order valence-electron chi connectivity index (χ4n) is 2.33. The predicted octanol–water partition coefficient (Wildman–Crippen LogP) is 2.44. The van der Waals surface area contributed by atoms with Crippen molar-refractivity contribution >= 4 is 29.1 Å². The molecule has 0 aliphatic carbocycles. The SMILES string of the molecule is C[C@H]1CN(C(=O)O)CCN1c1ccc([N+](=O)[O-])cc1Cl. The zero-order valence-corrected chi connectivity index (χ0v) is 11.6. The van der Waals surface area contributed by atoms with E-state index in [0.717, 1.165) is 0 Å². The highest BCUT2D eigenvalue weighted by molar-refractivity contribution is 6.33. The molecule has 1 heterocycles. The van der Waals surface area contributed by atoms with Gasteiger partial charge in [0.15, 0.2) is 0 Å². The first-order chi connectivity index (χ1) is 9.40. The van der Waals surface area contributed by atoms with Crippen molar-refractivity contribution in [3.05, 3.63) is 33.3 Å². The van der Waals surface area contributed by atoms with E-state index in [9.17, 15) is 14.9 Å². The van der Waals surface area contributed by atoms with E-state index in [0.29, 0.717) is 30.3 Å². The normalized spacial score (nSPS) is 19.0. The minimum Gasteiger partial charge on any atom is -0.465 e. The second kappa shape index (κ2) is 5.54. The number of carboxylic acid groups (broad SMARTS) is 1. The van der Waals surface area contributed by atoms with E-state index < -0.39 is 11.0 Å². The number of anilines is 1. The Labute approximate surface area is 120 Å². The molecular weight excluding hydrogens is 286 g/mol. The van der Waals surface area contributed by atoms with Crippen molar-refractivity contribution < 1.29 is 14.8 Å². The van der Waals surface area contributed by atoms with Crippen LogP contribution < -0.4 is 4.90 Å². The van der Waals surface area contributed by atoms with Crippen LogP contribution >= 0.6 is 11.6 Å². The topological polar surface area (TPSA) is 86.9 Å². The second-order valence-corrected chi connectivity index (χ2v) is 5.07. The van der Waals surface area contributed by atoms with Gasteiger partial charge in [-0.05, 0) is 13.0 Å². The highest BCUT2D eigenvalue weighted by Gasteiger charge is 2.28. The summed E-state index contributed by atoms with van der Waals surface area (Å²) in [5.74, 6) is 0. The standard InChI is InChI=1S/C12H14ClN3O4/c1-8-7-14(12(17)18)4-5-15(8)11-3-2-9(16(19)20)6-10(11)13/h2-3,6,8H,4-5,7H2,1H3,(H,17,18)/t8-/m0/s1. The Kier molecular flexibility index (Phi) is 3.99. The molecule has 0 unspecified atom stereocenters. The van der Waals surface area contributed by atoms with Crippen molar-refractivity contribution in [1.82, 2.24) is 4.90 Å². The Morgan fingerprint density at radius 2 is 2.20 bits per heavy atom. The van der Waals surface area contributed by atoms with Crippen LogP contribution in [0.4, 0.5) is 16.2 Å². The number of benzene rings is 1. The Morgan fingerprint density at radius 1 is 1.50 bits per heavy atom. The summed E-state index contributed by atoms with van der Waals surface area (Å²) in [7, 11) is 0. The Hall–Kier alpha value is -2.02. The largest absolute Gasteiger partial charge is 0.465 e. The summed E-state index contributed by atoms with van der Waals surface area (Å²) in [6.07, 6.45) is -0.939. The quantitative estimate of drug-likeness (QED) is 0.669. The number of amides is 1. The molecule has 7 nitrogen and oxygen atoms in total. The number of halogens is 1. The van der Waals surface area contributed by atoms with Crippen LogP contribution in [0.3, 0.4) is 0 Å². The van der Waals surface area contributed by atoms with E-state index in [1.54, 1.807) is 6.07 Å². The van der Waals surface area contributed by atoms with E-state index in [1.165, 1.54) is 17.0 Å². The summed E-state index contributed by atoms with van der Waals surface area (Å²) >= 11 is 6.10. The highest BCUT2D eigenvalue weighted by Crippen LogP contribution is 2.32. The van der Waals surface area contributed by atoms with Crippen molar-refractivity contribution in [2.45, 2.75) is 13.0 Å². The third-order valence-electron chi connectivity index (χ3n) is 3.35. The third-order valence-corrected chi connectivity index (χ3v) is 3.65. The van der Waals surface area contributed by atoms with E-state index in [2.05, 4.69) is 0 Å². The predicted molar refractivity (Wildman–Crippen MR) is 74.5 cm³/mol. The van der Waals surface area contributed by atoms with Crippen LogP contribution in [-0.2, 0) is 0 Å². The summed E-state index contributed by atoms with van der Waals surface area (Å²) in [5, 5.41) is 20.0. The smallest absolute Gasteiger partial charge is 0.407 e. The maximum absolute atomic E-state index is 10.9. The molecule has 1 aliphatic rings. The van der Waals surface area contributed by atoms with Gasteiger partial charge in [0.2, 0.25) is 0 Å². The molecule has 1 aromatic carbocycles. The molecule has 1 aliphatic heterocycles. The van der Waals surface area contributed by atoms with Crippen LogP contribution in [0.2, 0.25) is 5.02 Å². The van der Waals surface area contributed by atoms with Gasteiger partial charge in [0.25, 0.3) is 5.69 Å². The highest BCUT2D eigenvalue weighted by atomic mass is 35.5. The van der Waals surface area contributed by atoms with Crippen LogP contribution in [0.25, 0.3) is 0 Å². The number of hydrogen-bond acceptors (Lipinski definition) is 4. The Balaban J connectivity index is 2.20. The number of non-ortho nitro benzene ring substituents is 1. The summed E-state index contributed by atoms with van der Waals surface area (Å²) in [6.45, 7) is 3.16. The van der Waals surface area contributed by atoms with Gasteiger partial charge in [-0.15, -0.1) is 0 Å². The van der Waals surface area contributed by atoms with Crippen molar-refractivity contribution in [2.75, 3.05) is 24.5 Å². The molecule has 1 saturated heterocycles. The number of nitrogens with zero attached hydrogens (tertiary/aromatic N) is 3. The van der Waals surface area contributed by atoms with E-state index in [4.69, 9.17) is 16.7 Å². The molecule has 0 radical (unpaired) electrons. The maximum Gasteiger partial charge on any atom is 0.407 e. The van der Waals surface area contributed by atoms with E-state index >= 15 is 0 Å². The lowest BCUT2D eigenvalue weighted by atomic mass is 10.1. The second-order valence-electron chi connectivity index (χ2n) is 4.66. The van der Waals surface area contributed by atoms with Crippen molar-refractivity contribution in [3.63, 3.8) is 0 Å². The Morgan fingerprint density at radius 3 is 2.70 bits per heavy atom. The average molecular weight is 300 g/mol. The molecule has 1 fully saturated rings. The van der Waals surface area contributed by atoms with Gasteiger partial charge in [-0.25, -0.2) is 4.79 Å². The molecule has 2 rings (SSSR count). The zero-order chi connectivity index (χ0) is 14.9. The molecule has 1 N–H and O–H groups in total. The van der Waals surface area contributed by atoms with E-state index in [1.807, 2.05) is 11.8 Å². The van der Waals surface area contributed by atoms with Gasteiger partial charge >= 0.3 is 6.09 Å². The van der Waals surface area contributed by atoms with E-state index in [-0.39, 0.29) is 11.7 Å². The average Bonchev–Trinajstić information content (AvgIpc) is 2.38. The van der Waals surface area contributed by atoms with Crippen LogP contribution in [-0.4, -0.2) is 46.7 Å². The summed E-state index contributed by atoms with van der Waals surface area (Å²) in [4.78, 5) is 24.4. The first-order valence-electron chi connectivity index (χ1n) is 6.08. The van der Waals surface area contributed by atoms with Gasteiger partial charge in [-0.1, -0.05) is 11.6 Å². The van der Waals surface area contributed by atoms with Crippen LogP contribution in [0, 0.1) is 10.1 Å². The molecule has 0 aromatic heterocycles. The van der Waals surface area contributed by atoms with Crippen LogP contribution in [0.1, 0.15) is 6.92 Å². The number of rotatable bonds is 2. The number of nitro benzene ring substituents is 1. The molecule has 0 saturated carbocycles. The first kappa shape index (κ1) is 14.4. The van der Waals surface area contributed by atoms with Crippen molar-refractivity contribution in [2.24, 2.45) is 0 Å². The summed E-state index contributed by atoms with van der Waals surface area (Å²) in [6, 6.07) is 4.27. The number of piperazine rings is 1. The van der Waals surface area contributed by atoms with Crippen LogP contribution in [0.5, 0.6) is 0 Å². The lowest BCUT2D eigenvalue weighted by Crippen LogP contribution is -2.53. The number of carbonyl (C=O) groups is 1. The number of nitro groups is 1. The molecule has 20 heavy (non-hydrogen) atoms. The lowest BCUT2D eigenvalue weighted by molar-refractivity contribution is -0.384. The van der Waals surface area contributed by atoms with Gasteiger partial charge in [0.05, 0.1) is 15.6 Å². The number of hydrogen-bond donors (Lipinski definition) is 1. The minimum atomic E-state index is -0.939. The van der Waals surface area contributed by atoms with Crippen LogP contribution in [0.15, 0.2) is 18.2 Å². The molecule has 1 amide bonds. The monoisotopic (exact) mass is 299 g/mol. The van der Waals surface area contributed by atoms with Gasteiger partial charge < -0.3 is 14.9 Å². The summed E-state index contributed by atoms with van der Waals surface area (Å²) in [5.41, 5.74) is 0.630.